The average molecular weight is 864 g/mol. The molecule has 0 spiro atoms. The lowest BCUT2D eigenvalue weighted by Gasteiger charge is -2.25. The maximum atomic E-state index is 12.8. The fourth-order valence-corrected chi connectivity index (χ4v) is 7.59. The number of nitrogens with zero attached hydrogens (tertiary/aromatic N) is 1. The Labute approximate surface area is 371 Å². The molecule has 9 heteroatoms. The molecular weight excluding hydrogens is 768 g/mol. The highest BCUT2D eigenvalue weighted by Crippen LogP contribution is 2.43. The van der Waals surface area contributed by atoms with E-state index in [2.05, 4.69) is 67.8 Å². The lowest BCUT2D eigenvalue weighted by molar-refractivity contribution is -0.870. The maximum Gasteiger partial charge on any atom is 0.472 e. The van der Waals surface area contributed by atoms with Gasteiger partial charge < -0.3 is 19.8 Å². The van der Waals surface area contributed by atoms with Gasteiger partial charge in [0.2, 0.25) is 5.91 Å². The molecule has 3 N–H and O–H groups in total. The van der Waals surface area contributed by atoms with Gasteiger partial charge in [0, 0.05) is 6.42 Å². The molecule has 0 saturated carbocycles. The Morgan fingerprint density at radius 1 is 0.583 bits per heavy atom. The minimum absolute atomic E-state index is 0.0604. The lowest BCUT2D eigenvalue weighted by Crippen LogP contribution is -2.45. The van der Waals surface area contributed by atoms with E-state index in [0.29, 0.717) is 17.4 Å². The summed E-state index contributed by atoms with van der Waals surface area (Å²) in [7, 11) is 1.57. The maximum absolute atomic E-state index is 12.8. The van der Waals surface area contributed by atoms with Gasteiger partial charge in [-0.15, -0.1) is 0 Å². The molecule has 350 valence electrons. The Balaban J connectivity index is 3.94. The van der Waals surface area contributed by atoms with Gasteiger partial charge in [0.15, 0.2) is 0 Å². The van der Waals surface area contributed by atoms with E-state index in [4.69, 9.17) is 9.05 Å². The van der Waals surface area contributed by atoms with Crippen molar-refractivity contribution in [2.45, 2.75) is 219 Å². The van der Waals surface area contributed by atoms with Crippen LogP contribution in [0.2, 0.25) is 0 Å². The molecule has 0 fully saturated rings. The van der Waals surface area contributed by atoms with Gasteiger partial charge in [0.05, 0.1) is 39.9 Å². The normalized spacial score (nSPS) is 14.7. The van der Waals surface area contributed by atoms with Gasteiger partial charge in [-0.2, -0.15) is 0 Å². The summed E-state index contributed by atoms with van der Waals surface area (Å²) >= 11 is 0. The van der Waals surface area contributed by atoms with Gasteiger partial charge in [0.25, 0.3) is 0 Å². The molecule has 0 aromatic rings. The molecule has 0 saturated heterocycles. The van der Waals surface area contributed by atoms with Crippen LogP contribution in [0.25, 0.3) is 0 Å². The third-order valence-corrected chi connectivity index (χ3v) is 11.7. The number of nitrogens with one attached hydrogen (secondary N) is 1. The number of aliphatic hydroxyl groups is 1. The number of unbranched alkanes of at least 4 members (excludes halogenated alkanes) is 23. The molecule has 3 unspecified atom stereocenters. The smallest absolute Gasteiger partial charge is 0.387 e. The number of phosphoric acid groups is 1. The van der Waals surface area contributed by atoms with E-state index >= 15 is 0 Å². The highest BCUT2D eigenvalue weighted by atomic mass is 31.2. The van der Waals surface area contributed by atoms with Crippen molar-refractivity contribution in [1.29, 1.82) is 0 Å². The SMILES string of the molecule is CC/C=C\C/C=C\C/C=C\C/C=C\CCCCCCCCCCCCCCCCCCCCC(=O)NC(COP(=O)(O)OCC[N+](C)(C)C)C(O)/C=C/CCCCCCC. The molecule has 0 aromatic heterocycles. The van der Waals surface area contributed by atoms with E-state index in [0.717, 1.165) is 64.2 Å². The summed E-state index contributed by atoms with van der Waals surface area (Å²) in [6, 6.07) is -0.843. The second-order valence-electron chi connectivity index (χ2n) is 17.8. The number of allylic oxidation sites excluding steroid dienone is 9. The summed E-state index contributed by atoms with van der Waals surface area (Å²) in [5, 5.41) is 13.7. The molecule has 8 nitrogen and oxygen atoms in total. The quantitative estimate of drug-likeness (QED) is 0.0244. The van der Waals surface area contributed by atoms with E-state index in [9.17, 15) is 19.4 Å². The van der Waals surface area contributed by atoms with Crippen molar-refractivity contribution in [2.24, 2.45) is 0 Å². The van der Waals surface area contributed by atoms with Crippen LogP contribution in [0.4, 0.5) is 0 Å². The van der Waals surface area contributed by atoms with Crippen molar-refractivity contribution in [2.75, 3.05) is 40.9 Å². The first kappa shape index (κ1) is 58.2. The highest BCUT2D eigenvalue weighted by Gasteiger charge is 2.27. The molecule has 60 heavy (non-hydrogen) atoms. The molecule has 0 aliphatic carbocycles. The van der Waals surface area contributed by atoms with Crippen molar-refractivity contribution in [3.63, 3.8) is 0 Å². The fraction of sp³-hybridized carbons (Fsp3) is 0.784. The third-order valence-electron chi connectivity index (χ3n) is 10.7. The summed E-state index contributed by atoms with van der Waals surface area (Å²) in [5.74, 6) is -0.182. The van der Waals surface area contributed by atoms with Crippen LogP contribution in [-0.4, -0.2) is 73.4 Å². The predicted octanol–water partition coefficient (Wildman–Crippen LogP) is 14.2. The summed E-state index contributed by atoms with van der Waals surface area (Å²) in [4.78, 5) is 23.0. The summed E-state index contributed by atoms with van der Waals surface area (Å²) < 4.78 is 23.5. The molecule has 0 aliphatic rings. The van der Waals surface area contributed by atoms with Crippen LogP contribution < -0.4 is 5.32 Å². The molecule has 1 amide bonds. The molecular formula is C51H96N2O6P+. The molecule has 0 rings (SSSR count). The topological polar surface area (TPSA) is 105 Å². The second-order valence-corrected chi connectivity index (χ2v) is 19.3. The Kier molecular flexibility index (Phi) is 41.2. The largest absolute Gasteiger partial charge is 0.472 e. The zero-order valence-corrected chi connectivity index (χ0v) is 40.6. The number of carbonyl (C=O) groups excluding carboxylic acids is 1. The summed E-state index contributed by atoms with van der Waals surface area (Å²) in [5.41, 5.74) is 0. The second kappa shape index (κ2) is 42.5. The van der Waals surface area contributed by atoms with E-state index in [1.807, 2.05) is 27.2 Å². The first-order valence-electron chi connectivity index (χ1n) is 24.7. The number of aliphatic hydroxyl groups excluding tert-OH is 1. The number of phosphoric ester groups is 1. The van der Waals surface area contributed by atoms with Gasteiger partial charge in [0.1, 0.15) is 13.2 Å². The van der Waals surface area contributed by atoms with Crippen LogP contribution in [0, 0.1) is 0 Å². The number of carbonyl (C=O) groups is 1. The summed E-state index contributed by atoms with van der Waals surface area (Å²) in [6.45, 7) is 4.64. The number of quaternary nitrogens is 1. The number of rotatable bonds is 44. The zero-order chi connectivity index (χ0) is 44.3. The third kappa shape index (κ3) is 44.3. The van der Waals surface area contributed by atoms with Crippen LogP contribution in [0.3, 0.4) is 0 Å². The van der Waals surface area contributed by atoms with Crippen LogP contribution >= 0.6 is 7.82 Å². The van der Waals surface area contributed by atoms with Crippen molar-refractivity contribution in [3.05, 3.63) is 60.8 Å². The van der Waals surface area contributed by atoms with Crippen LogP contribution in [0.1, 0.15) is 206 Å². The Hall–Kier alpha value is -1.80. The van der Waals surface area contributed by atoms with E-state index in [-0.39, 0.29) is 19.1 Å². The van der Waals surface area contributed by atoms with E-state index < -0.39 is 20.0 Å². The van der Waals surface area contributed by atoms with Crippen molar-refractivity contribution >= 4 is 13.7 Å². The van der Waals surface area contributed by atoms with E-state index in [1.54, 1.807) is 6.08 Å². The van der Waals surface area contributed by atoms with Crippen molar-refractivity contribution in [3.8, 4) is 0 Å². The number of hydrogen-bond donors (Lipinski definition) is 3. The first-order valence-corrected chi connectivity index (χ1v) is 26.2. The fourth-order valence-electron chi connectivity index (χ4n) is 6.86. The van der Waals surface area contributed by atoms with Crippen molar-refractivity contribution < 1.29 is 32.9 Å². The van der Waals surface area contributed by atoms with E-state index in [1.165, 1.54) is 122 Å². The van der Waals surface area contributed by atoms with Gasteiger partial charge in [-0.05, 0) is 57.8 Å². The van der Waals surface area contributed by atoms with Gasteiger partial charge in [-0.1, -0.05) is 203 Å². The number of amides is 1. The number of likely N-dealkylation sites (N-methyl/N-ethyl adjacent to an activating group) is 1. The molecule has 0 aliphatic heterocycles. The van der Waals surface area contributed by atoms with Gasteiger partial charge in [-0.25, -0.2) is 4.57 Å². The minimum Gasteiger partial charge on any atom is -0.387 e. The number of hydrogen-bond acceptors (Lipinski definition) is 5. The first-order chi connectivity index (χ1) is 29.0. The standard InChI is InChI=1S/C51H95N2O6P/c1-6-8-10-12-14-15-16-17-18-19-20-21-22-23-24-25-26-27-28-29-30-31-32-33-34-35-36-37-39-41-43-45-51(55)52-49(50(54)44-42-40-38-13-11-9-7-2)48-59-60(56,57)58-47-46-53(3,4)5/h8,10,14-15,17-18,20-21,42,44,49-50,54H,6-7,9,11-13,16,19,22-41,43,45-48H2,1-5H3,(H-,52,55,56,57)/p+1/b10-8-,15-14-,18-17-,21-20-,44-42+. The Bertz CT molecular complexity index is 1160. The predicted molar refractivity (Wildman–Crippen MR) is 258 cm³/mol. The van der Waals surface area contributed by atoms with Crippen LogP contribution in [-0.2, 0) is 18.4 Å². The van der Waals surface area contributed by atoms with Crippen LogP contribution in [0.5, 0.6) is 0 Å². The highest BCUT2D eigenvalue weighted by molar-refractivity contribution is 7.47. The van der Waals surface area contributed by atoms with Crippen molar-refractivity contribution in [1.82, 2.24) is 5.32 Å². The monoisotopic (exact) mass is 864 g/mol. The molecule has 3 atom stereocenters. The summed E-state index contributed by atoms with van der Waals surface area (Å²) in [6.07, 6.45) is 56.2. The Morgan fingerprint density at radius 2 is 1.00 bits per heavy atom. The minimum atomic E-state index is -4.33. The lowest BCUT2D eigenvalue weighted by atomic mass is 10.0. The molecule has 0 bridgehead atoms. The molecule has 0 radical (unpaired) electrons. The van der Waals surface area contributed by atoms with Crippen LogP contribution in [0.15, 0.2) is 60.8 Å². The zero-order valence-electron chi connectivity index (χ0n) is 39.7. The van der Waals surface area contributed by atoms with Gasteiger partial charge >= 0.3 is 7.82 Å². The average Bonchev–Trinajstić information content (AvgIpc) is 3.20. The molecule has 0 aromatic carbocycles. The Morgan fingerprint density at radius 3 is 1.47 bits per heavy atom. The molecule has 0 heterocycles. The van der Waals surface area contributed by atoms with Gasteiger partial charge in [-0.3, -0.25) is 13.8 Å².